The molecule has 0 fully saturated rings. The molecule has 1 atom stereocenters. The van der Waals surface area contributed by atoms with Crippen LogP contribution in [0.2, 0.25) is 0 Å². The zero-order valence-electron chi connectivity index (χ0n) is 14.5. The molecule has 2 heterocycles. The Balaban J connectivity index is 1.95. The fourth-order valence-electron chi connectivity index (χ4n) is 2.51. The number of hydrogen-bond donors (Lipinski definition) is 2. The van der Waals surface area contributed by atoms with Gasteiger partial charge in [-0.2, -0.15) is 0 Å². The summed E-state index contributed by atoms with van der Waals surface area (Å²) in [5.41, 5.74) is 1.68. The molecule has 0 amide bonds. The summed E-state index contributed by atoms with van der Waals surface area (Å²) >= 11 is 1.41. The molecule has 0 bridgehead atoms. The lowest BCUT2D eigenvalue weighted by molar-refractivity contribution is -0.383. The number of rotatable bonds is 7. The van der Waals surface area contributed by atoms with Crippen molar-refractivity contribution in [2.24, 2.45) is 0 Å². The topological polar surface area (TPSA) is 115 Å². The van der Waals surface area contributed by atoms with Gasteiger partial charge in [-0.3, -0.25) is 10.1 Å². The Bertz CT molecular complexity index is 945. The number of para-hydroxylation sites is 1. The van der Waals surface area contributed by atoms with Crippen molar-refractivity contribution in [3.8, 4) is 0 Å². The highest BCUT2D eigenvalue weighted by Crippen LogP contribution is 2.34. The third-order valence-corrected chi connectivity index (χ3v) is 4.59. The standard InChI is InChI=1S/C16H18N6O3S/c1-9-5-4-6-11-12(9)20-16(26-11)21-15-13(22(23)24)14(17-8-18-15)19-10(2)7-25-3/h4-6,8,10H,7H2,1-3H3,(H2,17,18,19,20,21). The van der Waals surface area contributed by atoms with Gasteiger partial charge in [0, 0.05) is 13.2 Å². The zero-order chi connectivity index (χ0) is 18.7. The van der Waals surface area contributed by atoms with E-state index in [1.807, 2.05) is 32.0 Å². The Hall–Kier alpha value is -2.85. The second-order valence-corrected chi connectivity index (χ2v) is 6.77. The summed E-state index contributed by atoms with van der Waals surface area (Å²) in [5, 5.41) is 18.1. The molecule has 3 aromatic rings. The molecule has 2 N–H and O–H groups in total. The van der Waals surface area contributed by atoms with E-state index in [9.17, 15) is 10.1 Å². The van der Waals surface area contributed by atoms with Gasteiger partial charge in [-0.1, -0.05) is 23.5 Å². The van der Waals surface area contributed by atoms with Crippen LogP contribution >= 0.6 is 11.3 Å². The van der Waals surface area contributed by atoms with Crippen LogP contribution in [0, 0.1) is 17.0 Å². The zero-order valence-corrected chi connectivity index (χ0v) is 15.3. The number of nitrogens with one attached hydrogen (secondary N) is 2. The van der Waals surface area contributed by atoms with Gasteiger partial charge >= 0.3 is 5.69 Å². The van der Waals surface area contributed by atoms with E-state index < -0.39 is 4.92 Å². The number of hydrogen-bond acceptors (Lipinski definition) is 9. The maximum Gasteiger partial charge on any atom is 0.353 e. The molecule has 0 saturated carbocycles. The molecular formula is C16H18N6O3S. The Morgan fingerprint density at radius 2 is 2.12 bits per heavy atom. The first-order chi connectivity index (χ1) is 12.5. The van der Waals surface area contributed by atoms with Gasteiger partial charge in [0.15, 0.2) is 5.13 Å². The van der Waals surface area contributed by atoms with Gasteiger partial charge in [0.1, 0.15) is 6.33 Å². The maximum atomic E-state index is 11.6. The minimum Gasteiger partial charge on any atom is -0.383 e. The van der Waals surface area contributed by atoms with Gasteiger partial charge in [-0.15, -0.1) is 0 Å². The number of methoxy groups -OCH3 is 1. The molecule has 3 rings (SSSR count). The van der Waals surface area contributed by atoms with Crippen molar-refractivity contribution in [2.45, 2.75) is 19.9 Å². The molecule has 1 aromatic carbocycles. The quantitative estimate of drug-likeness (QED) is 0.477. The lowest BCUT2D eigenvalue weighted by Crippen LogP contribution is -2.22. The summed E-state index contributed by atoms with van der Waals surface area (Å²) in [5.74, 6) is 0.225. The van der Waals surface area contributed by atoms with E-state index in [0.29, 0.717) is 11.7 Å². The van der Waals surface area contributed by atoms with Crippen molar-refractivity contribution in [1.82, 2.24) is 15.0 Å². The van der Waals surface area contributed by atoms with E-state index in [1.165, 1.54) is 17.7 Å². The molecule has 9 nitrogen and oxygen atoms in total. The molecule has 2 aromatic heterocycles. The Morgan fingerprint density at radius 1 is 1.35 bits per heavy atom. The SMILES string of the molecule is COCC(C)Nc1ncnc(Nc2nc3c(C)cccc3s2)c1[N+](=O)[O-]. The number of fused-ring (bicyclic) bond motifs is 1. The molecule has 1 unspecified atom stereocenters. The first-order valence-corrected chi connectivity index (χ1v) is 8.69. The highest BCUT2D eigenvalue weighted by Gasteiger charge is 2.25. The fourth-order valence-corrected chi connectivity index (χ4v) is 3.46. The lowest BCUT2D eigenvalue weighted by Gasteiger charge is -2.14. The van der Waals surface area contributed by atoms with Gasteiger partial charge in [0.25, 0.3) is 0 Å². The third-order valence-electron chi connectivity index (χ3n) is 3.65. The van der Waals surface area contributed by atoms with Gasteiger partial charge in [-0.25, -0.2) is 15.0 Å². The van der Waals surface area contributed by atoms with Crippen molar-refractivity contribution >= 4 is 44.0 Å². The number of aromatic nitrogens is 3. The number of benzene rings is 1. The van der Waals surface area contributed by atoms with E-state index in [4.69, 9.17) is 4.74 Å². The highest BCUT2D eigenvalue weighted by molar-refractivity contribution is 7.22. The second-order valence-electron chi connectivity index (χ2n) is 5.74. The molecule has 0 aliphatic carbocycles. The number of nitrogens with zero attached hydrogens (tertiary/aromatic N) is 4. The van der Waals surface area contributed by atoms with Gasteiger partial charge in [0.2, 0.25) is 11.6 Å². The van der Waals surface area contributed by atoms with Crippen LogP contribution in [0.4, 0.5) is 22.5 Å². The molecular weight excluding hydrogens is 356 g/mol. The average Bonchev–Trinajstić information content (AvgIpc) is 2.99. The maximum absolute atomic E-state index is 11.6. The van der Waals surface area contributed by atoms with Crippen LogP contribution in [0.25, 0.3) is 10.2 Å². The minimum absolute atomic E-state index is 0.0915. The van der Waals surface area contributed by atoms with Crippen LogP contribution in [0.3, 0.4) is 0 Å². The Labute approximate surface area is 153 Å². The summed E-state index contributed by atoms with van der Waals surface area (Å²) in [6.45, 7) is 4.21. The number of thiazole rings is 1. The van der Waals surface area contributed by atoms with E-state index in [0.717, 1.165) is 15.8 Å². The molecule has 0 aliphatic heterocycles. The predicted molar refractivity (Wildman–Crippen MR) is 101 cm³/mol. The van der Waals surface area contributed by atoms with Crippen LogP contribution in [-0.2, 0) is 4.74 Å². The number of anilines is 3. The summed E-state index contributed by atoms with van der Waals surface area (Å²) < 4.78 is 6.04. The van der Waals surface area contributed by atoms with Crippen molar-refractivity contribution in [2.75, 3.05) is 24.4 Å². The van der Waals surface area contributed by atoms with Crippen LogP contribution in [-0.4, -0.2) is 39.6 Å². The predicted octanol–water partition coefficient (Wildman–Crippen LogP) is 3.49. The van der Waals surface area contributed by atoms with Crippen LogP contribution in [0.1, 0.15) is 12.5 Å². The third kappa shape index (κ3) is 3.70. The fraction of sp³-hybridized carbons (Fsp3) is 0.312. The van der Waals surface area contributed by atoms with Gasteiger partial charge in [0.05, 0.1) is 21.7 Å². The second kappa shape index (κ2) is 7.58. The first-order valence-electron chi connectivity index (χ1n) is 7.87. The molecule has 136 valence electrons. The normalized spacial score (nSPS) is 12.1. The van der Waals surface area contributed by atoms with Crippen molar-refractivity contribution in [3.05, 3.63) is 40.2 Å². The molecule has 0 spiro atoms. The van der Waals surface area contributed by atoms with Crippen LogP contribution in [0.15, 0.2) is 24.5 Å². The number of aryl methyl sites for hydroxylation is 1. The lowest BCUT2D eigenvalue weighted by atomic mass is 10.2. The summed E-state index contributed by atoms with van der Waals surface area (Å²) in [6.07, 6.45) is 1.27. The van der Waals surface area contributed by atoms with E-state index in [1.54, 1.807) is 7.11 Å². The number of nitro groups is 1. The first kappa shape index (κ1) is 18.0. The summed E-state index contributed by atoms with van der Waals surface area (Å²) in [7, 11) is 1.56. The summed E-state index contributed by atoms with van der Waals surface area (Å²) in [4.78, 5) is 23.6. The molecule has 0 saturated heterocycles. The summed E-state index contributed by atoms with van der Waals surface area (Å²) in [6, 6.07) is 5.73. The Morgan fingerprint density at radius 3 is 2.81 bits per heavy atom. The molecule has 0 aliphatic rings. The van der Waals surface area contributed by atoms with Crippen molar-refractivity contribution < 1.29 is 9.66 Å². The Kier molecular flexibility index (Phi) is 5.24. The van der Waals surface area contributed by atoms with E-state index in [2.05, 4.69) is 25.6 Å². The van der Waals surface area contributed by atoms with E-state index >= 15 is 0 Å². The van der Waals surface area contributed by atoms with Crippen LogP contribution in [0.5, 0.6) is 0 Å². The monoisotopic (exact) mass is 374 g/mol. The van der Waals surface area contributed by atoms with Crippen LogP contribution < -0.4 is 10.6 Å². The van der Waals surface area contributed by atoms with Gasteiger partial charge in [-0.05, 0) is 25.5 Å². The largest absolute Gasteiger partial charge is 0.383 e. The molecule has 0 radical (unpaired) electrons. The van der Waals surface area contributed by atoms with E-state index in [-0.39, 0.29) is 23.4 Å². The minimum atomic E-state index is -0.511. The highest BCUT2D eigenvalue weighted by atomic mass is 32.1. The number of ether oxygens (including phenoxy) is 1. The van der Waals surface area contributed by atoms with Gasteiger partial charge < -0.3 is 15.4 Å². The molecule has 10 heteroatoms. The van der Waals surface area contributed by atoms with Crippen molar-refractivity contribution in [3.63, 3.8) is 0 Å². The smallest absolute Gasteiger partial charge is 0.353 e. The van der Waals surface area contributed by atoms with Crippen molar-refractivity contribution in [1.29, 1.82) is 0 Å². The average molecular weight is 374 g/mol. The molecule has 26 heavy (non-hydrogen) atoms.